The van der Waals surface area contributed by atoms with Crippen LogP contribution in [0.25, 0.3) is 0 Å². The highest BCUT2D eigenvalue weighted by atomic mass is 16.5. The van der Waals surface area contributed by atoms with Gasteiger partial charge in [0.2, 0.25) is 5.91 Å². The number of ether oxygens (including phenoxy) is 1. The Morgan fingerprint density at radius 1 is 1.46 bits per heavy atom. The minimum Gasteiger partial charge on any atom is -0.371 e. The zero-order valence-corrected chi connectivity index (χ0v) is 14.4. The third-order valence-corrected chi connectivity index (χ3v) is 4.49. The first-order valence-electron chi connectivity index (χ1n) is 8.43. The second-order valence-electron chi connectivity index (χ2n) is 6.22. The summed E-state index contributed by atoms with van der Waals surface area (Å²) in [5, 5.41) is 11.3. The van der Waals surface area contributed by atoms with Gasteiger partial charge in [0.1, 0.15) is 11.9 Å². The number of amides is 1. The summed E-state index contributed by atoms with van der Waals surface area (Å²) in [7, 11) is 0. The molecule has 2 aromatic rings. The number of rotatable bonds is 5. The van der Waals surface area contributed by atoms with E-state index in [1.807, 2.05) is 37.8 Å². The molecule has 0 spiro atoms. The van der Waals surface area contributed by atoms with E-state index in [0.717, 1.165) is 36.2 Å². The fourth-order valence-corrected chi connectivity index (χ4v) is 3.13. The third-order valence-electron chi connectivity index (χ3n) is 4.49. The molecule has 7 heteroatoms. The van der Waals surface area contributed by atoms with E-state index in [9.17, 15) is 4.79 Å². The molecule has 1 N–H and O–H groups in total. The lowest BCUT2D eigenvalue weighted by Gasteiger charge is -2.31. The van der Waals surface area contributed by atoms with Gasteiger partial charge in [0, 0.05) is 30.5 Å². The van der Waals surface area contributed by atoms with Crippen LogP contribution in [-0.2, 0) is 22.5 Å². The van der Waals surface area contributed by atoms with Crippen molar-refractivity contribution in [2.45, 2.75) is 58.7 Å². The average Bonchev–Trinajstić information content (AvgIpc) is 3.17. The van der Waals surface area contributed by atoms with Crippen molar-refractivity contribution in [1.82, 2.24) is 20.3 Å². The Morgan fingerprint density at radius 2 is 2.29 bits per heavy atom. The van der Waals surface area contributed by atoms with Gasteiger partial charge in [-0.1, -0.05) is 5.16 Å². The average molecular weight is 332 g/mol. The van der Waals surface area contributed by atoms with E-state index in [2.05, 4.69) is 15.6 Å². The van der Waals surface area contributed by atoms with Crippen LogP contribution in [0.3, 0.4) is 0 Å². The van der Waals surface area contributed by atoms with Crippen molar-refractivity contribution < 1.29 is 14.1 Å². The van der Waals surface area contributed by atoms with Crippen LogP contribution in [0.1, 0.15) is 48.5 Å². The molecule has 1 amide bonds. The molecular formula is C17H24N4O3. The molecule has 2 aromatic heterocycles. The summed E-state index contributed by atoms with van der Waals surface area (Å²) in [6, 6.07) is -0.0405. The van der Waals surface area contributed by atoms with Gasteiger partial charge >= 0.3 is 0 Å². The number of hydrogen-bond donors (Lipinski definition) is 1. The predicted molar refractivity (Wildman–Crippen MR) is 87.4 cm³/mol. The fraction of sp³-hybridized carbons (Fsp3) is 0.588. The molecule has 3 rings (SSSR count). The Labute approximate surface area is 141 Å². The second-order valence-corrected chi connectivity index (χ2v) is 6.22. The maximum absolute atomic E-state index is 12.5. The van der Waals surface area contributed by atoms with Crippen molar-refractivity contribution in [2.24, 2.45) is 0 Å². The monoisotopic (exact) mass is 332 g/mol. The molecule has 1 aliphatic heterocycles. The van der Waals surface area contributed by atoms with Crippen molar-refractivity contribution in [3.8, 4) is 0 Å². The summed E-state index contributed by atoms with van der Waals surface area (Å²) in [6.07, 6.45) is 5.78. The molecule has 24 heavy (non-hydrogen) atoms. The fourth-order valence-electron chi connectivity index (χ4n) is 3.13. The molecule has 0 bridgehead atoms. The van der Waals surface area contributed by atoms with Gasteiger partial charge in [0.05, 0.1) is 24.4 Å². The van der Waals surface area contributed by atoms with E-state index in [1.165, 1.54) is 0 Å². The summed E-state index contributed by atoms with van der Waals surface area (Å²) in [5.41, 5.74) is 2.64. The van der Waals surface area contributed by atoms with Crippen LogP contribution in [-0.4, -0.2) is 33.5 Å². The topological polar surface area (TPSA) is 82.2 Å². The SMILES string of the molecule is CCn1cc([C@H]2OCCC[C@@H]2NC(=O)Cc2c(C)noc2C)cn1. The van der Waals surface area contributed by atoms with Crippen molar-refractivity contribution in [3.05, 3.63) is 35.0 Å². The normalized spacial score (nSPS) is 21.0. The molecule has 1 aliphatic rings. The Kier molecular flexibility index (Phi) is 4.99. The van der Waals surface area contributed by atoms with Crippen molar-refractivity contribution in [3.63, 3.8) is 0 Å². The van der Waals surface area contributed by atoms with E-state index >= 15 is 0 Å². The number of nitrogens with zero attached hydrogens (tertiary/aromatic N) is 3. The molecule has 0 unspecified atom stereocenters. The number of hydrogen-bond acceptors (Lipinski definition) is 5. The molecule has 0 radical (unpaired) electrons. The molecule has 130 valence electrons. The highest BCUT2D eigenvalue weighted by Crippen LogP contribution is 2.28. The zero-order valence-electron chi connectivity index (χ0n) is 14.4. The van der Waals surface area contributed by atoms with Crippen LogP contribution in [0.5, 0.6) is 0 Å². The lowest BCUT2D eigenvalue weighted by atomic mass is 9.97. The molecule has 2 atom stereocenters. The van der Waals surface area contributed by atoms with Crippen LogP contribution in [0.15, 0.2) is 16.9 Å². The molecule has 3 heterocycles. The molecule has 1 fully saturated rings. The first-order chi connectivity index (χ1) is 11.6. The van der Waals surface area contributed by atoms with E-state index in [0.29, 0.717) is 12.4 Å². The standard InChI is InChI=1S/C17H24N4O3/c1-4-21-10-13(9-18-21)17-15(6-5-7-23-17)19-16(22)8-14-11(2)20-24-12(14)3/h9-10,15,17H,4-8H2,1-3H3,(H,19,22)/t15-,17+/m0/s1. The van der Waals surface area contributed by atoms with Gasteiger partial charge in [-0.15, -0.1) is 0 Å². The van der Waals surface area contributed by atoms with Crippen molar-refractivity contribution in [2.75, 3.05) is 6.61 Å². The van der Waals surface area contributed by atoms with Crippen LogP contribution < -0.4 is 5.32 Å². The Balaban J connectivity index is 1.68. The summed E-state index contributed by atoms with van der Waals surface area (Å²) >= 11 is 0. The van der Waals surface area contributed by atoms with E-state index in [4.69, 9.17) is 9.26 Å². The van der Waals surface area contributed by atoms with Gasteiger partial charge in [0.15, 0.2) is 0 Å². The quantitative estimate of drug-likeness (QED) is 0.906. The highest BCUT2D eigenvalue weighted by Gasteiger charge is 2.30. The Morgan fingerprint density at radius 3 is 2.96 bits per heavy atom. The van der Waals surface area contributed by atoms with Crippen LogP contribution in [0, 0.1) is 13.8 Å². The van der Waals surface area contributed by atoms with Gasteiger partial charge in [-0.2, -0.15) is 5.10 Å². The first-order valence-corrected chi connectivity index (χ1v) is 8.43. The number of carbonyl (C=O) groups is 1. The summed E-state index contributed by atoms with van der Waals surface area (Å²) < 4.78 is 12.9. The third kappa shape index (κ3) is 3.51. The highest BCUT2D eigenvalue weighted by molar-refractivity contribution is 5.79. The Bertz CT molecular complexity index is 687. The van der Waals surface area contributed by atoms with E-state index in [-0.39, 0.29) is 24.5 Å². The molecule has 1 saturated heterocycles. The van der Waals surface area contributed by atoms with Gasteiger partial charge in [-0.3, -0.25) is 9.48 Å². The van der Waals surface area contributed by atoms with Gasteiger partial charge < -0.3 is 14.6 Å². The van der Waals surface area contributed by atoms with Gasteiger partial charge in [-0.25, -0.2) is 0 Å². The number of nitrogens with one attached hydrogen (secondary N) is 1. The molecule has 7 nitrogen and oxygen atoms in total. The number of aryl methyl sites for hydroxylation is 3. The Hall–Kier alpha value is -2.15. The van der Waals surface area contributed by atoms with Crippen LogP contribution >= 0.6 is 0 Å². The van der Waals surface area contributed by atoms with Crippen molar-refractivity contribution in [1.29, 1.82) is 0 Å². The predicted octanol–water partition coefficient (Wildman–Crippen LogP) is 2.09. The van der Waals surface area contributed by atoms with Crippen LogP contribution in [0.4, 0.5) is 0 Å². The molecular weight excluding hydrogens is 308 g/mol. The maximum Gasteiger partial charge on any atom is 0.224 e. The van der Waals surface area contributed by atoms with Crippen LogP contribution in [0.2, 0.25) is 0 Å². The van der Waals surface area contributed by atoms with Gasteiger partial charge in [0.25, 0.3) is 0 Å². The summed E-state index contributed by atoms with van der Waals surface area (Å²) in [4.78, 5) is 12.5. The lowest BCUT2D eigenvalue weighted by molar-refractivity contribution is -0.123. The molecule has 0 aromatic carbocycles. The largest absolute Gasteiger partial charge is 0.371 e. The van der Waals surface area contributed by atoms with E-state index in [1.54, 1.807) is 0 Å². The lowest BCUT2D eigenvalue weighted by Crippen LogP contribution is -2.43. The smallest absolute Gasteiger partial charge is 0.224 e. The summed E-state index contributed by atoms with van der Waals surface area (Å²) in [6.45, 7) is 7.24. The van der Waals surface area contributed by atoms with E-state index < -0.39 is 0 Å². The molecule has 0 aliphatic carbocycles. The first kappa shape index (κ1) is 16.7. The number of carbonyl (C=O) groups excluding carboxylic acids is 1. The minimum absolute atomic E-state index is 0.0345. The summed E-state index contributed by atoms with van der Waals surface area (Å²) in [5.74, 6) is 0.663. The van der Waals surface area contributed by atoms with Gasteiger partial charge in [-0.05, 0) is 33.6 Å². The molecule has 0 saturated carbocycles. The minimum atomic E-state index is -0.146. The number of aromatic nitrogens is 3. The zero-order chi connectivity index (χ0) is 17.1. The second kappa shape index (κ2) is 7.17. The van der Waals surface area contributed by atoms with Crippen molar-refractivity contribution >= 4 is 5.91 Å². The maximum atomic E-state index is 12.5.